The predicted octanol–water partition coefficient (Wildman–Crippen LogP) is 3.76. The van der Waals surface area contributed by atoms with Crippen LogP contribution in [0.25, 0.3) is 0 Å². The molecule has 0 fully saturated rings. The lowest BCUT2D eigenvalue weighted by Crippen LogP contribution is -2.00. The van der Waals surface area contributed by atoms with Crippen LogP contribution in [0.2, 0.25) is 10.0 Å². The highest BCUT2D eigenvalue weighted by atomic mass is 35.5. The van der Waals surface area contributed by atoms with E-state index in [1.54, 1.807) is 12.1 Å². The molecule has 1 amide bonds. The first kappa shape index (κ1) is 9.65. The molecule has 0 heterocycles. The third-order valence-corrected chi connectivity index (χ3v) is 2.00. The van der Waals surface area contributed by atoms with Gasteiger partial charge in [0, 0.05) is 5.69 Å². The van der Waals surface area contributed by atoms with Crippen LogP contribution in [-0.4, -0.2) is 5.37 Å². The van der Waals surface area contributed by atoms with Crippen LogP contribution in [0, 0.1) is 0 Å². The van der Waals surface area contributed by atoms with E-state index in [-0.39, 0.29) is 0 Å². The molecule has 0 saturated carbocycles. The van der Waals surface area contributed by atoms with Gasteiger partial charge in [-0.15, -0.1) is 0 Å². The molecule has 5 heteroatoms. The molecule has 0 aliphatic heterocycles. The fraction of sp³-hybridized carbons (Fsp3) is 0. The zero-order valence-electron chi connectivity index (χ0n) is 5.77. The highest BCUT2D eigenvalue weighted by Gasteiger charge is 2.00. The first-order valence-corrected chi connectivity index (χ1v) is 4.14. The number of benzene rings is 1. The van der Waals surface area contributed by atoms with Gasteiger partial charge in [0.2, 0.25) is 0 Å². The van der Waals surface area contributed by atoms with Crippen LogP contribution in [0.15, 0.2) is 18.2 Å². The summed E-state index contributed by atoms with van der Waals surface area (Å²) in [6.45, 7) is 0. The van der Waals surface area contributed by atoms with Crippen LogP contribution in [-0.2, 0) is 0 Å². The molecule has 0 saturated heterocycles. The predicted molar refractivity (Wildman–Crippen MR) is 51.3 cm³/mol. The van der Waals surface area contributed by atoms with Crippen molar-refractivity contribution < 1.29 is 4.79 Å². The van der Waals surface area contributed by atoms with Gasteiger partial charge in [0.05, 0.1) is 10.0 Å². The van der Waals surface area contributed by atoms with Crippen LogP contribution in [0.5, 0.6) is 0 Å². The maximum atomic E-state index is 10.4. The molecule has 0 spiro atoms. The Bertz CT molecular complexity index is 314. The second-order valence-corrected chi connectivity index (χ2v) is 3.19. The summed E-state index contributed by atoms with van der Waals surface area (Å²) in [5, 5.41) is 2.51. The average molecular weight is 224 g/mol. The molecule has 12 heavy (non-hydrogen) atoms. The van der Waals surface area contributed by atoms with Crippen molar-refractivity contribution in [3.05, 3.63) is 28.2 Å². The highest BCUT2D eigenvalue weighted by Crippen LogP contribution is 2.24. The number of amides is 1. The Morgan fingerprint density at radius 2 is 1.92 bits per heavy atom. The Hall–Kier alpha value is -0.440. The molecule has 64 valence electrons. The standard InChI is InChI=1S/C7H4Cl3NO/c8-5-2-1-4(3-6(5)9)11-7(10)12/h1-3H,(H,11,12). The number of hydrogen-bond donors (Lipinski definition) is 1. The first-order chi connectivity index (χ1) is 5.59. The number of rotatable bonds is 1. The fourth-order valence-electron chi connectivity index (χ4n) is 0.687. The van der Waals surface area contributed by atoms with Crippen LogP contribution >= 0.6 is 34.8 Å². The number of hydrogen-bond acceptors (Lipinski definition) is 1. The Labute approximate surface area is 84.4 Å². The van der Waals surface area contributed by atoms with Gasteiger partial charge < -0.3 is 5.32 Å². The molecule has 0 aliphatic carbocycles. The molecule has 2 nitrogen and oxygen atoms in total. The smallest absolute Gasteiger partial charge is 0.312 e. The zero-order chi connectivity index (χ0) is 9.14. The molecule has 0 aliphatic rings. The number of anilines is 1. The van der Waals surface area contributed by atoms with Gasteiger partial charge in [0.15, 0.2) is 0 Å². The Morgan fingerprint density at radius 1 is 1.25 bits per heavy atom. The number of carbonyl (C=O) groups excluding carboxylic acids is 1. The van der Waals surface area contributed by atoms with Crippen molar-refractivity contribution in [3.8, 4) is 0 Å². The quantitative estimate of drug-likeness (QED) is 0.571. The van der Waals surface area contributed by atoms with Gasteiger partial charge in [0.25, 0.3) is 0 Å². The van der Waals surface area contributed by atoms with E-state index in [2.05, 4.69) is 5.32 Å². The first-order valence-electron chi connectivity index (χ1n) is 3.01. The van der Waals surface area contributed by atoms with Gasteiger partial charge in [-0.25, -0.2) is 0 Å². The summed E-state index contributed by atoms with van der Waals surface area (Å²) in [6.07, 6.45) is 0. The summed E-state index contributed by atoms with van der Waals surface area (Å²) < 4.78 is 0. The van der Waals surface area contributed by atoms with Gasteiger partial charge in [-0.05, 0) is 29.8 Å². The van der Waals surface area contributed by atoms with Crippen LogP contribution in [0.3, 0.4) is 0 Å². The topological polar surface area (TPSA) is 29.1 Å². The molecule has 0 radical (unpaired) electrons. The van der Waals surface area contributed by atoms with Crippen molar-refractivity contribution >= 4 is 45.9 Å². The van der Waals surface area contributed by atoms with Crippen LogP contribution in [0.4, 0.5) is 10.5 Å². The maximum absolute atomic E-state index is 10.4. The number of nitrogens with one attached hydrogen (secondary N) is 1. The van der Waals surface area contributed by atoms with Crippen molar-refractivity contribution in [2.24, 2.45) is 0 Å². The van der Waals surface area contributed by atoms with Crippen molar-refractivity contribution in [3.63, 3.8) is 0 Å². The second-order valence-electron chi connectivity index (χ2n) is 2.03. The number of halogens is 3. The molecule has 0 aromatic heterocycles. The molecule has 1 N–H and O–H groups in total. The summed E-state index contributed by atoms with van der Waals surface area (Å²) in [6, 6.07) is 4.70. The van der Waals surface area contributed by atoms with Crippen LogP contribution < -0.4 is 5.32 Å². The van der Waals surface area contributed by atoms with Crippen molar-refractivity contribution in [2.75, 3.05) is 5.32 Å². The van der Waals surface area contributed by atoms with E-state index >= 15 is 0 Å². The summed E-state index contributed by atoms with van der Waals surface area (Å²) >= 11 is 16.4. The van der Waals surface area contributed by atoms with Crippen molar-refractivity contribution in [1.82, 2.24) is 0 Å². The minimum atomic E-state index is -0.659. The minimum Gasteiger partial charge on any atom is -0.312 e. The largest absolute Gasteiger partial charge is 0.318 e. The number of carbonyl (C=O) groups is 1. The third-order valence-electron chi connectivity index (χ3n) is 1.16. The zero-order valence-corrected chi connectivity index (χ0v) is 8.04. The van der Waals surface area contributed by atoms with E-state index in [0.717, 1.165) is 0 Å². The molecule has 1 aromatic rings. The molecular formula is C7H4Cl3NO. The molecule has 1 aromatic carbocycles. The Morgan fingerprint density at radius 3 is 2.42 bits per heavy atom. The molecule has 1 rings (SSSR count). The highest BCUT2D eigenvalue weighted by molar-refractivity contribution is 6.65. The minimum absolute atomic E-state index is 0.375. The van der Waals surface area contributed by atoms with Crippen LogP contribution in [0.1, 0.15) is 0 Å². The van der Waals surface area contributed by atoms with E-state index in [0.29, 0.717) is 15.7 Å². The van der Waals surface area contributed by atoms with E-state index in [9.17, 15) is 4.79 Å². The molecule has 0 unspecified atom stereocenters. The lowest BCUT2D eigenvalue weighted by Gasteiger charge is -2.01. The summed E-state index contributed by atoms with van der Waals surface area (Å²) in [5.74, 6) is 0. The lowest BCUT2D eigenvalue weighted by atomic mass is 10.3. The maximum Gasteiger partial charge on any atom is 0.318 e. The average Bonchev–Trinajstić information content (AvgIpc) is 1.96. The van der Waals surface area contributed by atoms with E-state index < -0.39 is 5.37 Å². The van der Waals surface area contributed by atoms with Crippen molar-refractivity contribution in [2.45, 2.75) is 0 Å². The fourth-order valence-corrected chi connectivity index (χ4v) is 1.09. The summed E-state index contributed by atoms with van der Waals surface area (Å²) in [7, 11) is 0. The molecule has 0 bridgehead atoms. The Balaban J connectivity index is 2.89. The van der Waals surface area contributed by atoms with Crippen molar-refractivity contribution in [1.29, 1.82) is 0 Å². The van der Waals surface area contributed by atoms with Gasteiger partial charge in [-0.1, -0.05) is 23.2 Å². The van der Waals surface area contributed by atoms with E-state index in [1.165, 1.54) is 6.07 Å². The van der Waals surface area contributed by atoms with Gasteiger partial charge >= 0.3 is 5.37 Å². The van der Waals surface area contributed by atoms with E-state index in [4.69, 9.17) is 34.8 Å². The lowest BCUT2D eigenvalue weighted by molar-refractivity contribution is 0.269. The van der Waals surface area contributed by atoms with Gasteiger partial charge in [-0.2, -0.15) is 0 Å². The van der Waals surface area contributed by atoms with Gasteiger partial charge in [0.1, 0.15) is 0 Å². The second kappa shape index (κ2) is 3.99. The normalized spacial score (nSPS) is 9.58. The molecular weight excluding hydrogens is 220 g/mol. The molecule has 0 atom stereocenters. The SMILES string of the molecule is O=C(Cl)Nc1ccc(Cl)c(Cl)c1. The monoisotopic (exact) mass is 223 g/mol. The van der Waals surface area contributed by atoms with Gasteiger partial charge in [-0.3, -0.25) is 4.79 Å². The Kier molecular flexibility index (Phi) is 3.20. The van der Waals surface area contributed by atoms with E-state index in [1.807, 2.05) is 0 Å². The summed E-state index contributed by atoms with van der Waals surface area (Å²) in [4.78, 5) is 10.4. The summed E-state index contributed by atoms with van der Waals surface area (Å²) in [5.41, 5.74) is 0.518. The third kappa shape index (κ3) is 2.55.